The minimum atomic E-state index is -2.11. The lowest BCUT2D eigenvalue weighted by Crippen LogP contribution is -2.44. The minimum Gasteiger partial charge on any atom is -0.543 e. The number of fused-ring (bicyclic) bond motifs is 1. The smallest absolute Gasteiger partial charge is 0.250 e. The molecule has 0 bridgehead atoms. The minimum absolute atomic E-state index is 0.0988. The fourth-order valence-electron chi connectivity index (χ4n) is 5.77. The van der Waals surface area contributed by atoms with E-state index in [4.69, 9.17) is 8.85 Å². The monoisotopic (exact) mass is 743 g/mol. The molecule has 2 rings (SSSR count). The second kappa shape index (κ2) is 19.7. The zero-order valence-electron chi connectivity index (χ0n) is 36.9. The maximum atomic E-state index is 7.24. The van der Waals surface area contributed by atoms with Crippen molar-refractivity contribution in [2.45, 2.75) is 184 Å². The molecule has 0 saturated heterocycles. The van der Waals surface area contributed by atoms with Crippen molar-refractivity contribution in [3.8, 4) is 11.5 Å². The lowest BCUT2D eigenvalue weighted by Gasteiger charge is -2.39. The lowest BCUT2D eigenvalue weighted by molar-refractivity contribution is 0.482. The molecule has 52 heavy (non-hydrogen) atoms. The molecule has 0 aliphatic rings. The first kappa shape index (κ1) is 45.6. The van der Waals surface area contributed by atoms with Crippen molar-refractivity contribution in [1.29, 1.82) is 0 Å². The topological polar surface area (TPSA) is 18.5 Å². The molecule has 0 amide bonds. The van der Waals surface area contributed by atoms with E-state index in [0.717, 1.165) is 62.9 Å². The van der Waals surface area contributed by atoms with Crippen LogP contribution in [0.1, 0.15) is 146 Å². The molecular weight excluding hydrogens is 665 g/mol. The molecule has 0 heterocycles. The number of benzene rings is 2. The molecule has 0 atom stereocenters. The van der Waals surface area contributed by atoms with Gasteiger partial charge in [-0.2, -0.15) is 0 Å². The summed E-state index contributed by atoms with van der Waals surface area (Å²) in [6.07, 6.45) is 22.0. The fraction of sp³-hybridized carbons (Fsp3) is 0.583. The molecule has 0 aliphatic heterocycles. The zero-order chi connectivity index (χ0) is 39.5. The Hall–Kier alpha value is -2.57. The van der Waals surface area contributed by atoms with Crippen LogP contribution in [0.25, 0.3) is 10.8 Å². The molecule has 0 N–H and O–H groups in total. The van der Waals surface area contributed by atoms with Gasteiger partial charge in [0.1, 0.15) is 11.5 Å². The molecule has 2 aromatic carbocycles. The van der Waals surface area contributed by atoms with Crippen LogP contribution in [0.4, 0.5) is 0 Å². The van der Waals surface area contributed by atoms with E-state index in [1.54, 1.807) is 0 Å². The summed E-state index contributed by atoms with van der Waals surface area (Å²) in [5.41, 5.74) is 9.87. The Kier molecular flexibility index (Phi) is 17.2. The van der Waals surface area contributed by atoms with Gasteiger partial charge in [-0.3, -0.25) is 0 Å². The van der Waals surface area contributed by atoms with Crippen LogP contribution in [0.5, 0.6) is 11.5 Å². The van der Waals surface area contributed by atoms with Crippen LogP contribution in [0, 0.1) is 6.92 Å². The first-order valence-corrected chi connectivity index (χ1v) is 26.0. The Morgan fingerprint density at radius 3 is 1.27 bits per heavy atom. The van der Waals surface area contributed by atoms with Crippen LogP contribution in [0.3, 0.4) is 0 Å². The van der Waals surface area contributed by atoms with Crippen LogP contribution < -0.4 is 8.85 Å². The summed E-state index contributed by atoms with van der Waals surface area (Å²) in [6, 6.07) is 8.76. The van der Waals surface area contributed by atoms with Gasteiger partial charge >= 0.3 is 0 Å². The molecule has 4 heteroatoms. The average Bonchev–Trinajstić information content (AvgIpc) is 3.01. The third kappa shape index (κ3) is 14.0. The molecule has 2 nitrogen and oxygen atoms in total. The number of allylic oxidation sites excluding steroid dienone is 10. The van der Waals surface area contributed by atoms with Crippen molar-refractivity contribution in [1.82, 2.24) is 0 Å². The summed E-state index contributed by atoms with van der Waals surface area (Å²) in [4.78, 5) is 0. The first-order valence-electron chi connectivity index (χ1n) is 20.1. The van der Waals surface area contributed by atoms with Crippen molar-refractivity contribution in [2.24, 2.45) is 0 Å². The molecule has 0 aliphatic carbocycles. The summed E-state index contributed by atoms with van der Waals surface area (Å²) < 4.78 is 14.4. The number of hydrogen-bond donors (Lipinski definition) is 0. The predicted molar refractivity (Wildman–Crippen MR) is 239 cm³/mol. The number of rotatable bonds is 18. The van der Waals surface area contributed by atoms with Gasteiger partial charge in [-0.15, -0.1) is 0 Å². The quantitative estimate of drug-likeness (QED) is 0.112. The summed E-state index contributed by atoms with van der Waals surface area (Å²) in [6.45, 7) is 39.2. The molecule has 0 unspecified atom stereocenters. The van der Waals surface area contributed by atoms with Crippen molar-refractivity contribution < 1.29 is 8.85 Å². The maximum Gasteiger partial charge on any atom is 0.250 e. The Bertz CT molecular complexity index is 1630. The van der Waals surface area contributed by atoms with Crippen molar-refractivity contribution in [2.75, 3.05) is 0 Å². The summed E-state index contributed by atoms with van der Waals surface area (Å²) in [7, 11) is -4.19. The highest BCUT2D eigenvalue weighted by atomic mass is 28.4. The van der Waals surface area contributed by atoms with Gasteiger partial charge in [0.25, 0.3) is 16.6 Å². The van der Waals surface area contributed by atoms with E-state index >= 15 is 0 Å². The lowest BCUT2D eigenvalue weighted by atomic mass is 9.95. The van der Waals surface area contributed by atoms with Crippen LogP contribution in [-0.4, -0.2) is 16.6 Å². The standard InChI is InChI=1S/C48H78O2Si2/c1-36(2)24-20-25-37(3)26-21-27-38(4)28-22-29-39(5)30-23-31-40(6)34-35-42-41(7)45(49-51(14,15)47(8,9)10)43-32-18-19-33-44(43)46(42)50-52(16,17)48(11,12)13/h18-19,24,26,28,30,32-34H,20-23,25,27,29,31,35H2,1-17H3/b37-26+,38-28+,39-30+,40-34+. The van der Waals surface area contributed by atoms with E-state index in [1.165, 1.54) is 56.2 Å². The molecule has 0 radical (unpaired) electrons. The highest BCUT2D eigenvalue weighted by molar-refractivity contribution is 6.75. The molecule has 0 aromatic heterocycles. The van der Waals surface area contributed by atoms with Gasteiger partial charge in [0.15, 0.2) is 0 Å². The molecule has 2 aromatic rings. The van der Waals surface area contributed by atoms with Gasteiger partial charge in [0.05, 0.1) is 0 Å². The SMILES string of the molecule is CC(C)=CCC/C(C)=C/CC/C(C)=C/CC/C(C)=C/CC/C(C)=C/Cc1c(C)c(O[Si](C)(C)C(C)(C)C)c2ccccc2c1O[Si](C)(C)C(C)(C)C. The zero-order valence-corrected chi connectivity index (χ0v) is 38.9. The summed E-state index contributed by atoms with van der Waals surface area (Å²) in [5, 5.41) is 2.56. The van der Waals surface area contributed by atoms with Gasteiger partial charge in [-0.25, -0.2) is 0 Å². The van der Waals surface area contributed by atoms with Crippen LogP contribution in [0.15, 0.2) is 82.5 Å². The van der Waals surface area contributed by atoms with E-state index < -0.39 is 16.6 Å². The van der Waals surface area contributed by atoms with Crippen LogP contribution >= 0.6 is 0 Å². The third-order valence-corrected chi connectivity index (χ3v) is 20.3. The van der Waals surface area contributed by atoms with Gasteiger partial charge < -0.3 is 8.85 Å². The van der Waals surface area contributed by atoms with E-state index in [0.29, 0.717) is 0 Å². The second-order valence-corrected chi connectivity index (χ2v) is 28.3. The molecule has 0 saturated carbocycles. The van der Waals surface area contributed by atoms with Crippen molar-refractivity contribution in [3.63, 3.8) is 0 Å². The Balaban J connectivity index is 2.22. The molecule has 0 spiro atoms. The van der Waals surface area contributed by atoms with Crippen LogP contribution in [-0.2, 0) is 6.42 Å². The highest BCUT2D eigenvalue weighted by Crippen LogP contribution is 2.47. The van der Waals surface area contributed by atoms with E-state index in [2.05, 4.69) is 171 Å². The first-order chi connectivity index (χ1) is 24.0. The number of hydrogen-bond acceptors (Lipinski definition) is 2. The second-order valence-electron chi connectivity index (χ2n) is 18.9. The van der Waals surface area contributed by atoms with Gasteiger partial charge in [0.2, 0.25) is 0 Å². The van der Waals surface area contributed by atoms with Crippen molar-refractivity contribution >= 4 is 27.4 Å². The van der Waals surface area contributed by atoms with Gasteiger partial charge in [0, 0.05) is 16.3 Å². The Labute approximate surface area is 324 Å². The molecular formula is C48H78O2Si2. The van der Waals surface area contributed by atoms with E-state index in [-0.39, 0.29) is 10.1 Å². The largest absolute Gasteiger partial charge is 0.543 e. The summed E-state index contributed by atoms with van der Waals surface area (Å²) >= 11 is 0. The molecule has 290 valence electrons. The Morgan fingerprint density at radius 2 is 0.885 bits per heavy atom. The predicted octanol–water partition coefficient (Wildman–Crippen LogP) is 16.3. The van der Waals surface area contributed by atoms with E-state index in [1.807, 2.05) is 0 Å². The Morgan fingerprint density at radius 1 is 0.538 bits per heavy atom. The van der Waals surface area contributed by atoms with Crippen LogP contribution in [0.2, 0.25) is 36.3 Å². The third-order valence-electron chi connectivity index (χ3n) is 11.7. The van der Waals surface area contributed by atoms with Gasteiger partial charge in [-0.1, -0.05) is 124 Å². The maximum absolute atomic E-state index is 7.24. The van der Waals surface area contributed by atoms with E-state index in [9.17, 15) is 0 Å². The molecule has 0 fully saturated rings. The van der Waals surface area contributed by atoms with Crippen molar-refractivity contribution in [3.05, 3.63) is 93.6 Å². The highest BCUT2D eigenvalue weighted by Gasteiger charge is 2.42. The van der Waals surface area contributed by atoms with Gasteiger partial charge in [-0.05, 0) is 148 Å². The average molecular weight is 743 g/mol. The summed E-state index contributed by atoms with van der Waals surface area (Å²) in [5.74, 6) is 2.12. The fourth-order valence-corrected chi connectivity index (χ4v) is 7.90. The normalized spacial score (nSPS) is 14.2.